The zero-order valence-electron chi connectivity index (χ0n) is 41.9. The third-order valence-electron chi connectivity index (χ3n) is 12.7. The van der Waals surface area contributed by atoms with Crippen molar-refractivity contribution in [2.45, 2.75) is 110 Å². The minimum absolute atomic E-state index is 0.0145. The van der Waals surface area contributed by atoms with Crippen LogP contribution in [0.4, 0.5) is 5.69 Å². The molecule has 3 aromatic rings. The zero-order valence-corrected chi connectivity index (χ0v) is 42.9. The summed E-state index contributed by atoms with van der Waals surface area (Å²) in [6, 6.07) is 15.8. The highest BCUT2D eigenvalue weighted by atomic mass is 28.3. The molecule has 1 saturated carbocycles. The van der Waals surface area contributed by atoms with E-state index >= 15 is 0 Å². The first-order chi connectivity index (χ1) is 33.9. The van der Waals surface area contributed by atoms with Crippen LogP contribution in [0.3, 0.4) is 0 Å². The molecule has 1 aliphatic carbocycles. The molecule has 3 aromatic carbocycles. The summed E-state index contributed by atoms with van der Waals surface area (Å²) in [6.45, 7) is 11.0. The Morgan fingerprint density at radius 2 is 1.56 bits per heavy atom. The number of anilines is 1. The van der Waals surface area contributed by atoms with Crippen LogP contribution in [0.2, 0.25) is 25.7 Å². The van der Waals surface area contributed by atoms with Crippen molar-refractivity contribution in [1.29, 1.82) is 0 Å². The van der Waals surface area contributed by atoms with Crippen LogP contribution in [0.5, 0.6) is 23.0 Å². The first-order valence-corrected chi connectivity index (χ1v) is 27.3. The molecule has 0 bridgehead atoms. The van der Waals surface area contributed by atoms with Crippen LogP contribution in [0.15, 0.2) is 60.8 Å². The Kier molecular flexibility index (Phi) is 18.0. The first-order valence-electron chi connectivity index (χ1n) is 23.6. The Bertz CT molecular complexity index is 2530. The lowest BCUT2D eigenvalue weighted by molar-refractivity contribution is -0.194. The molecule has 6 atom stereocenters. The Labute approximate surface area is 416 Å². The number of aryl methyl sites for hydroxylation is 1. The molecule has 1 unspecified atom stereocenters. The number of hydrogen-bond acceptors (Lipinski definition) is 15. The lowest BCUT2D eigenvalue weighted by Gasteiger charge is -2.43. The third-order valence-corrected chi connectivity index (χ3v) is 14.4. The number of esters is 4. The molecule has 18 heteroatoms. The van der Waals surface area contributed by atoms with Crippen molar-refractivity contribution in [1.82, 2.24) is 4.90 Å². The number of fused-ring (bicyclic) bond motifs is 2. The van der Waals surface area contributed by atoms with Gasteiger partial charge in [-0.25, -0.2) is 0 Å². The summed E-state index contributed by atoms with van der Waals surface area (Å²) in [5.74, 6) is -0.202. The van der Waals surface area contributed by atoms with Gasteiger partial charge in [0.25, 0.3) is 11.8 Å². The highest BCUT2D eigenvalue weighted by Crippen LogP contribution is 2.41. The number of ether oxygens (including phenoxy) is 9. The minimum Gasteiger partial charge on any atom is -0.497 e. The Morgan fingerprint density at radius 3 is 2.21 bits per heavy atom. The average Bonchev–Trinajstić information content (AvgIpc) is 3.77. The maximum absolute atomic E-state index is 14.5. The van der Waals surface area contributed by atoms with Gasteiger partial charge < -0.3 is 47.5 Å². The predicted molar refractivity (Wildman–Crippen MR) is 263 cm³/mol. The summed E-state index contributed by atoms with van der Waals surface area (Å²) in [5, 5.41) is 0. The van der Waals surface area contributed by atoms with Crippen LogP contribution in [-0.4, -0.2) is 114 Å². The fraction of sp³-hybridized carbons (Fsp3) is 0.472. The van der Waals surface area contributed by atoms with Crippen molar-refractivity contribution < 1.29 is 71.4 Å². The number of benzene rings is 3. The quantitative estimate of drug-likeness (QED) is 0.0344. The van der Waals surface area contributed by atoms with Crippen molar-refractivity contribution in [3.8, 4) is 35.3 Å². The lowest BCUT2D eigenvalue weighted by Crippen LogP contribution is -2.56. The molecule has 0 radical (unpaired) electrons. The summed E-state index contributed by atoms with van der Waals surface area (Å²) in [7, 11) is 2.90. The molecule has 0 saturated heterocycles. The van der Waals surface area contributed by atoms with Crippen LogP contribution in [0.25, 0.3) is 5.57 Å². The Hall–Kier alpha value is -6.84. The monoisotopic (exact) mass is 996 g/mol. The number of nitrogens with zero attached hydrogens (tertiary/aromatic N) is 2. The molecule has 1 fully saturated rings. The normalized spacial score (nSPS) is 20.6. The van der Waals surface area contributed by atoms with Crippen LogP contribution >= 0.6 is 0 Å². The van der Waals surface area contributed by atoms with Gasteiger partial charge in [-0.15, -0.1) is 6.42 Å². The van der Waals surface area contributed by atoms with E-state index in [4.69, 9.17) is 49.1 Å². The number of rotatable bonds is 21. The van der Waals surface area contributed by atoms with Gasteiger partial charge in [0.2, 0.25) is 0 Å². The van der Waals surface area contributed by atoms with E-state index in [-0.39, 0.29) is 61.7 Å². The molecule has 0 spiro atoms. The van der Waals surface area contributed by atoms with Crippen molar-refractivity contribution in [2.75, 3.05) is 46.2 Å². The topological polar surface area (TPSA) is 192 Å². The summed E-state index contributed by atoms with van der Waals surface area (Å²) >= 11 is 0. The van der Waals surface area contributed by atoms with Gasteiger partial charge in [0.1, 0.15) is 61.2 Å². The number of carbonyl (C=O) groups is 6. The van der Waals surface area contributed by atoms with E-state index in [1.807, 2.05) is 24.3 Å². The molecule has 0 N–H and O–H groups in total. The molecule has 6 rings (SSSR count). The minimum atomic E-state index is -1.45. The van der Waals surface area contributed by atoms with Gasteiger partial charge in [0.05, 0.1) is 38.5 Å². The smallest absolute Gasteiger partial charge is 0.309 e. The first kappa shape index (κ1) is 53.5. The molecule has 380 valence electrons. The highest BCUT2D eigenvalue weighted by molar-refractivity contribution is 6.76. The van der Waals surface area contributed by atoms with E-state index < -0.39 is 68.1 Å². The van der Waals surface area contributed by atoms with Gasteiger partial charge >= 0.3 is 23.9 Å². The van der Waals surface area contributed by atoms with E-state index in [1.165, 1.54) is 33.0 Å². The lowest BCUT2D eigenvalue weighted by atomic mass is 9.75. The van der Waals surface area contributed by atoms with Gasteiger partial charge in [0.15, 0.2) is 6.10 Å². The number of hydrogen-bond donors (Lipinski definition) is 0. The summed E-state index contributed by atoms with van der Waals surface area (Å²) in [6.07, 6.45) is 5.33. The molecule has 17 nitrogen and oxygen atoms in total. The van der Waals surface area contributed by atoms with Gasteiger partial charge in [0, 0.05) is 71.5 Å². The molecular formula is C53H64N2O15Si. The van der Waals surface area contributed by atoms with E-state index in [2.05, 4.69) is 25.6 Å². The van der Waals surface area contributed by atoms with Crippen LogP contribution in [-0.2, 0) is 60.7 Å². The van der Waals surface area contributed by atoms with Crippen molar-refractivity contribution >= 4 is 55.0 Å². The highest BCUT2D eigenvalue weighted by Gasteiger charge is 2.51. The summed E-state index contributed by atoms with van der Waals surface area (Å²) in [4.78, 5) is 82.6. The fourth-order valence-corrected chi connectivity index (χ4v) is 9.70. The fourth-order valence-electron chi connectivity index (χ4n) is 8.94. The number of terminal acetylenes is 1. The SMILES string of the molecule is C#CCOc1cc(O[C@@H]2C[C@H](C(=O)OC)[C@@H](C)[C@H](OC(C)=O)[C@H]2OC(C)=O)ccc1COC(=O)CCCc1cc2c(cc1OC)C(=O)N1C=C(c3ccc(OC)cc3)CC1C(=O)N2COCC[Si](C)(C)C. The zero-order chi connectivity index (χ0) is 51.6. The number of amides is 2. The standard InChI is InChI=1S/C53H64N2O15Si/c1-11-21-66-46-26-40(70-47-27-41(53(61)64-7)32(2)49(68-33(3)56)50(47)69-34(4)57)20-17-37(46)30-67-48(58)14-12-13-36-24-43-42(28-45(36)63-6)51(59)54-29-38(35-15-18-39(62-5)19-16-35)25-44(54)52(60)55(43)31-65-22-23-71(8,9)10/h1,15-20,24,26,28-29,32,41,44,47,49-50H,12-14,21-23,25,27,30-31H2,2-10H3/t32-,41+,44?,47-,49+,50+/m1/s1. The Morgan fingerprint density at radius 1 is 0.859 bits per heavy atom. The van der Waals surface area contributed by atoms with Gasteiger partial charge in [-0.3, -0.25) is 33.7 Å². The average molecular weight is 997 g/mol. The van der Waals surface area contributed by atoms with E-state index in [1.54, 1.807) is 55.5 Å². The second-order valence-electron chi connectivity index (χ2n) is 18.9. The van der Waals surface area contributed by atoms with Gasteiger partial charge in [-0.1, -0.05) is 44.6 Å². The Balaban J connectivity index is 1.17. The molecule has 2 aliphatic heterocycles. The predicted octanol–water partition coefficient (Wildman–Crippen LogP) is 7.14. The molecule has 0 aromatic heterocycles. The summed E-state index contributed by atoms with van der Waals surface area (Å²) < 4.78 is 51.4. The molecular weight excluding hydrogens is 933 g/mol. The molecule has 2 amide bonds. The van der Waals surface area contributed by atoms with Crippen molar-refractivity contribution in [3.63, 3.8) is 0 Å². The van der Waals surface area contributed by atoms with Gasteiger partial charge in [-0.05, 0) is 72.0 Å². The van der Waals surface area contributed by atoms with E-state index in [9.17, 15) is 28.8 Å². The van der Waals surface area contributed by atoms with Gasteiger partial charge in [-0.2, -0.15) is 0 Å². The second kappa shape index (κ2) is 23.8. The van der Waals surface area contributed by atoms with Crippen LogP contribution in [0.1, 0.15) is 73.5 Å². The van der Waals surface area contributed by atoms with Crippen LogP contribution < -0.4 is 23.8 Å². The molecule has 3 aliphatic rings. The maximum atomic E-state index is 14.5. The number of carbonyl (C=O) groups excluding carboxylic acids is 6. The van der Waals surface area contributed by atoms with E-state index in [0.29, 0.717) is 54.2 Å². The molecule has 2 heterocycles. The maximum Gasteiger partial charge on any atom is 0.309 e. The second-order valence-corrected chi connectivity index (χ2v) is 24.5. The van der Waals surface area contributed by atoms with E-state index in [0.717, 1.165) is 17.2 Å². The van der Waals surface area contributed by atoms with Crippen molar-refractivity contribution in [3.05, 3.63) is 83.1 Å². The molecule has 71 heavy (non-hydrogen) atoms. The largest absolute Gasteiger partial charge is 0.497 e. The number of methoxy groups -OCH3 is 3. The summed E-state index contributed by atoms with van der Waals surface area (Å²) in [5.41, 5.74) is 3.56. The van der Waals surface area contributed by atoms with Crippen LogP contribution in [0, 0.1) is 24.2 Å². The van der Waals surface area contributed by atoms with Crippen molar-refractivity contribution in [2.24, 2.45) is 11.8 Å². The third kappa shape index (κ3) is 13.3.